The van der Waals surface area contributed by atoms with Crippen LogP contribution in [-0.4, -0.2) is 9.78 Å². The van der Waals surface area contributed by atoms with Gasteiger partial charge in [0.25, 0.3) is 0 Å². The molecule has 1 aliphatic carbocycles. The van der Waals surface area contributed by atoms with Gasteiger partial charge in [0.2, 0.25) is 0 Å². The molecule has 90 valence electrons. The predicted octanol–water partition coefficient (Wildman–Crippen LogP) is 2.22. The molecule has 0 radical (unpaired) electrons. The van der Waals surface area contributed by atoms with Crippen molar-refractivity contribution < 1.29 is 0 Å². The van der Waals surface area contributed by atoms with E-state index in [1.165, 1.54) is 18.5 Å². The van der Waals surface area contributed by atoms with Crippen molar-refractivity contribution in [2.75, 3.05) is 0 Å². The van der Waals surface area contributed by atoms with Crippen LogP contribution in [0, 0.1) is 11.8 Å². The van der Waals surface area contributed by atoms with Crippen LogP contribution in [0.25, 0.3) is 0 Å². The fraction of sp³-hybridized carbons (Fsp3) is 0.727. The molecule has 0 saturated heterocycles. The van der Waals surface area contributed by atoms with Crippen molar-refractivity contribution >= 4 is 15.9 Å². The molecule has 0 aliphatic heterocycles. The van der Waals surface area contributed by atoms with Gasteiger partial charge in [0.05, 0.1) is 22.4 Å². The van der Waals surface area contributed by atoms with Gasteiger partial charge in [-0.05, 0) is 47.5 Å². The molecule has 0 bridgehead atoms. The minimum absolute atomic E-state index is 0.185. The number of aryl methyl sites for hydroxylation is 1. The van der Waals surface area contributed by atoms with Crippen molar-refractivity contribution in [3.63, 3.8) is 0 Å². The Kier molecular flexibility index (Phi) is 3.66. The third-order valence-electron chi connectivity index (χ3n) is 3.50. The number of nitrogens with one attached hydrogen (secondary N) is 1. The number of hydrogen-bond donors (Lipinski definition) is 2. The van der Waals surface area contributed by atoms with E-state index in [9.17, 15) is 0 Å². The zero-order valence-electron chi connectivity index (χ0n) is 9.78. The summed E-state index contributed by atoms with van der Waals surface area (Å²) in [6, 6.07) is 0.185. The van der Waals surface area contributed by atoms with E-state index in [1.807, 2.05) is 10.9 Å². The highest BCUT2D eigenvalue weighted by Crippen LogP contribution is 2.43. The molecule has 1 aliphatic rings. The van der Waals surface area contributed by atoms with Gasteiger partial charge in [-0.25, -0.2) is 0 Å². The number of rotatable bonds is 5. The highest BCUT2D eigenvalue weighted by molar-refractivity contribution is 9.10. The van der Waals surface area contributed by atoms with Crippen LogP contribution >= 0.6 is 15.9 Å². The Morgan fingerprint density at radius 1 is 1.69 bits per heavy atom. The Labute approximate surface area is 105 Å². The Morgan fingerprint density at radius 3 is 2.88 bits per heavy atom. The van der Waals surface area contributed by atoms with Gasteiger partial charge in [0.15, 0.2) is 0 Å². The minimum atomic E-state index is 0.185. The fourth-order valence-corrected chi connectivity index (χ4v) is 2.85. The van der Waals surface area contributed by atoms with Crippen LogP contribution in [0.15, 0.2) is 10.7 Å². The summed E-state index contributed by atoms with van der Waals surface area (Å²) in [6.45, 7) is 5.23. The van der Waals surface area contributed by atoms with E-state index in [4.69, 9.17) is 5.84 Å². The maximum absolute atomic E-state index is 5.71. The standard InChI is InChI=1S/C11H19BrN4/c1-3-16-11(9(12)6-14-16)10(15-13)7(2)8-4-5-8/h6-8,10,15H,3-5,13H2,1-2H3. The number of hydrazine groups is 1. The maximum Gasteiger partial charge on any atom is 0.0711 e. The monoisotopic (exact) mass is 286 g/mol. The first-order valence-corrected chi connectivity index (χ1v) is 6.65. The Hall–Kier alpha value is -0.390. The largest absolute Gasteiger partial charge is 0.271 e. The van der Waals surface area contributed by atoms with Gasteiger partial charge >= 0.3 is 0 Å². The first-order valence-electron chi connectivity index (χ1n) is 5.86. The second kappa shape index (κ2) is 4.85. The molecule has 2 atom stereocenters. The summed E-state index contributed by atoms with van der Waals surface area (Å²) in [5.41, 5.74) is 4.12. The molecule has 1 heterocycles. The summed E-state index contributed by atoms with van der Waals surface area (Å²) >= 11 is 3.56. The molecule has 1 fully saturated rings. The predicted molar refractivity (Wildman–Crippen MR) is 67.6 cm³/mol. The molecule has 2 rings (SSSR count). The van der Waals surface area contributed by atoms with E-state index in [0.29, 0.717) is 5.92 Å². The summed E-state index contributed by atoms with van der Waals surface area (Å²) in [5.74, 6) is 7.08. The van der Waals surface area contributed by atoms with Gasteiger partial charge in [0, 0.05) is 6.54 Å². The highest BCUT2D eigenvalue weighted by atomic mass is 79.9. The van der Waals surface area contributed by atoms with Crippen molar-refractivity contribution in [1.29, 1.82) is 0 Å². The molecular formula is C11H19BrN4. The first-order chi connectivity index (χ1) is 7.69. The van der Waals surface area contributed by atoms with Crippen molar-refractivity contribution in [2.24, 2.45) is 17.7 Å². The molecule has 3 N–H and O–H groups in total. The lowest BCUT2D eigenvalue weighted by atomic mass is 9.94. The smallest absolute Gasteiger partial charge is 0.0711 e. The van der Waals surface area contributed by atoms with Crippen molar-refractivity contribution in [1.82, 2.24) is 15.2 Å². The third kappa shape index (κ3) is 2.17. The lowest BCUT2D eigenvalue weighted by molar-refractivity contribution is 0.333. The van der Waals surface area contributed by atoms with Crippen molar-refractivity contribution in [2.45, 2.75) is 39.3 Å². The number of hydrogen-bond acceptors (Lipinski definition) is 3. The Balaban J connectivity index is 2.27. The van der Waals surface area contributed by atoms with Gasteiger partial charge in [-0.3, -0.25) is 16.0 Å². The number of nitrogens with two attached hydrogens (primary N) is 1. The van der Waals surface area contributed by atoms with Gasteiger partial charge in [-0.15, -0.1) is 0 Å². The maximum atomic E-state index is 5.71. The van der Waals surface area contributed by atoms with Gasteiger partial charge in [-0.2, -0.15) is 5.10 Å². The Morgan fingerprint density at radius 2 is 2.38 bits per heavy atom. The van der Waals surface area contributed by atoms with Crippen LogP contribution in [-0.2, 0) is 6.54 Å². The number of aromatic nitrogens is 2. The van der Waals surface area contributed by atoms with E-state index in [-0.39, 0.29) is 6.04 Å². The minimum Gasteiger partial charge on any atom is -0.271 e. The molecule has 0 spiro atoms. The molecule has 0 amide bonds. The van der Waals surface area contributed by atoms with Crippen LogP contribution in [0.5, 0.6) is 0 Å². The van der Waals surface area contributed by atoms with Crippen LogP contribution in [0.2, 0.25) is 0 Å². The van der Waals surface area contributed by atoms with E-state index >= 15 is 0 Å². The lowest BCUT2D eigenvalue weighted by Crippen LogP contribution is -2.35. The van der Waals surface area contributed by atoms with Crippen LogP contribution < -0.4 is 11.3 Å². The summed E-state index contributed by atoms with van der Waals surface area (Å²) in [5, 5.41) is 4.34. The second-order valence-corrected chi connectivity index (χ2v) is 5.39. The number of halogens is 1. The van der Waals surface area contributed by atoms with E-state index in [1.54, 1.807) is 0 Å². The van der Waals surface area contributed by atoms with E-state index < -0.39 is 0 Å². The normalized spacial score (nSPS) is 19.8. The average molecular weight is 287 g/mol. The molecule has 1 aromatic rings. The summed E-state index contributed by atoms with van der Waals surface area (Å²) in [7, 11) is 0. The van der Waals surface area contributed by atoms with Gasteiger partial charge in [-0.1, -0.05) is 6.92 Å². The highest BCUT2D eigenvalue weighted by Gasteiger charge is 2.35. The molecule has 16 heavy (non-hydrogen) atoms. The topological polar surface area (TPSA) is 55.9 Å². The van der Waals surface area contributed by atoms with Crippen LogP contribution in [0.1, 0.15) is 38.4 Å². The molecule has 1 aromatic heterocycles. The van der Waals surface area contributed by atoms with Crippen molar-refractivity contribution in [3.8, 4) is 0 Å². The quantitative estimate of drug-likeness (QED) is 0.645. The zero-order valence-corrected chi connectivity index (χ0v) is 11.4. The van der Waals surface area contributed by atoms with Gasteiger partial charge in [0.1, 0.15) is 0 Å². The summed E-state index contributed by atoms with van der Waals surface area (Å²) in [4.78, 5) is 0. The molecule has 2 unspecified atom stereocenters. The zero-order chi connectivity index (χ0) is 11.7. The van der Waals surface area contributed by atoms with Gasteiger partial charge < -0.3 is 0 Å². The third-order valence-corrected chi connectivity index (χ3v) is 4.11. The van der Waals surface area contributed by atoms with Crippen LogP contribution in [0.4, 0.5) is 0 Å². The first kappa shape index (κ1) is 12.1. The molecular weight excluding hydrogens is 268 g/mol. The summed E-state index contributed by atoms with van der Waals surface area (Å²) < 4.78 is 3.05. The molecule has 5 heteroatoms. The average Bonchev–Trinajstić information content (AvgIpc) is 3.06. The van der Waals surface area contributed by atoms with Crippen LogP contribution in [0.3, 0.4) is 0 Å². The molecule has 0 aromatic carbocycles. The molecule has 1 saturated carbocycles. The van der Waals surface area contributed by atoms with E-state index in [2.05, 4.69) is 40.3 Å². The molecule has 4 nitrogen and oxygen atoms in total. The van der Waals surface area contributed by atoms with E-state index in [0.717, 1.165) is 16.9 Å². The lowest BCUT2D eigenvalue weighted by Gasteiger charge is -2.24. The summed E-state index contributed by atoms with van der Waals surface area (Å²) in [6.07, 6.45) is 4.51. The Bertz CT molecular complexity index is 359. The SMILES string of the molecule is CCn1ncc(Br)c1C(NN)C(C)C1CC1. The number of nitrogens with zero attached hydrogens (tertiary/aromatic N) is 2. The fourth-order valence-electron chi connectivity index (χ4n) is 2.31. The van der Waals surface area contributed by atoms with Crippen molar-refractivity contribution in [3.05, 3.63) is 16.4 Å². The second-order valence-electron chi connectivity index (χ2n) is 4.53.